The maximum atomic E-state index is 4.55. The summed E-state index contributed by atoms with van der Waals surface area (Å²) >= 11 is 0. The SMILES string of the molecule is c1ccc(CCN2CCN(c3nccn4ccnc34)CC2)cc1. The predicted molar refractivity (Wildman–Crippen MR) is 91.8 cm³/mol. The van der Waals surface area contributed by atoms with Crippen molar-refractivity contribution in [3.63, 3.8) is 0 Å². The number of fused-ring (bicyclic) bond motifs is 1. The van der Waals surface area contributed by atoms with Crippen LogP contribution in [-0.2, 0) is 6.42 Å². The lowest BCUT2D eigenvalue weighted by Crippen LogP contribution is -2.47. The Morgan fingerprint density at radius 2 is 1.61 bits per heavy atom. The van der Waals surface area contributed by atoms with Crippen LogP contribution in [-0.4, -0.2) is 52.0 Å². The number of rotatable bonds is 4. The molecule has 0 atom stereocenters. The van der Waals surface area contributed by atoms with Crippen LogP contribution in [0.5, 0.6) is 0 Å². The standard InChI is InChI=1S/C18H21N5/c1-2-4-16(5-3-1)6-9-21-12-14-23(15-13-21)18-17-19-7-10-22(17)11-8-20-18/h1-5,7-8,10-11H,6,9,12-15H2. The minimum atomic E-state index is 0.949. The quantitative estimate of drug-likeness (QED) is 0.739. The molecule has 23 heavy (non-hydrogen) atoms. The van der Waals surface area contributed by atoms with Gasteiger partial charge in [0.1, 0.15) is 0 Å². The van der Waals surface area contributed by atoms with Crippen molar-refractivity contribution in [3.05, 3.63) is 60.7 Å². The Bertz CT molecular complexity index is 759. The summed E-state index contributed by atoms with van der Waals surface area (Å²) in [4.78, 5) is 13.9. The zero-order valence-electron chi connectivity index (χ0n) is 13.2. The van der Waals surface area contributed by atoms with Gasteiger partial charge in [0.15, 0.2) is 11.5 Å². The fourth-order valence-electron chi connectivity index (χ4n) is 3.18. The van der Waals surface area contributed by atoms with Crippen LogP contribution in [0.1, 0.15) is 5.56 Å². The number of piperazine rings is 1. The van der Waals surface area contributed by atoms with E-state index in [1.807, 2.05) is 29.2 Å². The number of benzene rings is 1. The van der Waals surface area contributed by atoms with Crippen molar-refractivity contribution in [2.24, 2.45) is 0 Å². The van der Waals surface area contributed by atoms with E-state index in [2.05, 4.69) is 50.1 Å². The highest BCUT2D eigenvalue weighted by Gasteiger charge is 2.20. The number of nitrogens with zero attached hydrogens (tertiary/aromatic N) is 5. The second-order valence-electron chi connectivity index (χ2n) is 5.97. The molecule has 1 aliphatic rings. The summed E-state index contributed by atoms with van der Waals surface area (Å²) in [5.74, 6) is 1.00. The third kappa shape index (κ3) is 3.05. The van der Waals surface area contributed by atoms with Crippen LogP contribution < -0.4 is 4.90 Å². The van der Waals surface area contributed by atoms with Gasteiger partial charge in [-0.05, 0) is 12.0 Å². The van der Waals surface area contributed by atoms with Gasteiger partial charge in [-0.3, -0.25) is 4.90 Å². The molecule has 0 spiro atoms. The predicted octanol–water partition coefficient (Wildman–Crippen LogP) is 2.09. The van der Waals surface area contributed by atoms with Crippen LogP contribution in [0.4, 0.5) is 5.82 Å². The number of hydrogen-bond donors (Lipinski definition) is 0. The molecule has 0 N–H and O–H groups in total. The van der Waals surface area contributed by atoms with E-state index in [4.69, 9.17) is 0 Å². The smallest absolute Gasteiger partial charge is 0.180 e. The van der Waals surface area contributed by atoms with Crippen LogP contribution in [0.3, 0.4) is 0 Å². The first kappa shape index (κ1) is 14.2. The van der Waals surface area contributed by atoms with Gasteiger partial charge in [0, 0.05) is 57.5 Å². The molecule has 0 amide bonds. The molecule has 0 radical (unpaired) electrons. The first-order valence-electron chi connectivity index (χ1n) is 8.19. The van der Waals surface area contributed by atoms with Crippen molar-refractivity contribution in [2.45, 2.75) is 6.42 Å². The van der Waals surface area contributed by atoms with E-state index in [-0.39, 0.29) is 0 Å². The van der Waals surface area contributed by atoms with Gasteiger partial charge in [0.2, 0.25) is 0 Å². The van der Waals surface area contributed by atoms with Crippen molar-refractivity contribution in [3.8, 4) is 0 Å². The second-order valence-corrected chi connectivity index (χ2v) is 5.97. The Labute approximate surface area is 136 Å². The molecule has 1 aliphatic heterocycles. The average Bonchev–Trinajstić information content (AvgIpc) is 3.10. The van der Waals surface area contributed by atoms with Gasteiger partial charge >= 0.3 is 0 Å². The molecule has 4 rings (SSSR count). The van der Waals surface area contributed by atoms with Gasteiger partial charge in [-0.25, -0.2) is 9.97 Å². The molecular weight excluding hydrogens is 286 g/mol. The molecule has 1 saturated heterocycles. The highest BCUT2D eigenvalue weighted by molar-refractivity contribution is 5.64. The van der Waals surface area contributed by atoms with Crippen molar-refractivity contribution >= 4 is 11.5 Å². The molecule has 0 aliphatic carbocycles. The molecule has 2 aromatic heterocycles. The molecule has 5 nitrogen and oxygen atoms in total. The van der Waals surface area contributed by atoms with Gasteiger partial charge in [0.25, 0.3) is 0 Å². The second kappa shape index (κ2) is 6.38. The third-order valence-corrected chi connectivity index (χ3v) is 4.52. The van der Waals surface area contributed by atoms with Gasteiger partial charge in [-0.1, -0.05) is 30.3 Å². The van der Waals surface area contributed by atoms with Crippen LogP contribution >= 0.6 is 0 Å². The number of imidazole rings is 1. The van der Waals surface area contributed by atoms with Crippen LogP contribution in [0.25, 0.3) is 5.65 Å². The minimum absolute atomic E-state index is 0.949. The molecular formula is C18H21N5. The summed E-state index contributed by atoms with van der Waals surface area (Å²) in [6.45, 7) is 5.30. The van der Waals surface area contributed by atoms with E-state index in [1.54, 1.807) is 0 Å². The third-order valence-electron chi connectivity index (χ3n) is 4.52. The highest BCUT2D eigenvalue weighted by Crippen LogP contribution is 2.18. The first-order valence-corrected chi connectivity index (χ1v) is 8.19. The first-order chi connectivity index (χ1) is 11.4. The van der Waals surface area contributed by atoms with Crippen molar-refractivity contribution in [1.82, 2.24) is 19.3 Å². The molecule has 1 aromatic carbocycles. The van der Waals surface area contributed by atoms with E-state index in [0.717, 1.165) is 50.6 Å². The fourth-order valence-corrected chi connectivity index (χ4v) is 3.18. The molecule has 3 heterocycles. The minimum Gasteiger partial charge on any atom is -0.351 e. The Balaban J connectivity index is 1.37. The summed E-state index contributed by atoms with van der Waals surface area (Å²) in [5, 5.41) is 0. The zero-order valence-corrected chi connectivity index (χ0v) is 13.2. The van der Waals surface area contributed by atoms with Crippen LogP contribution in [0, 0.1) is 0 Å². The summed E-state index contributed by atoms with van der Waals surface area (Å²) in [5.41, 5.74) is 2.36. The lowest BCUT2D eigenvalue weighted by Gasteiger charge is -2.35. The molecule has 0 unspecified atom stereocenters. The maximum absolute atomic E-state index is 4.55. The summed E-state index contributed by atoms with van der Waals surface area (Å²) in [6.07, 6.45) is 8.72. The monoisotopic (exact) mass is 307 g/mol. The molecule has 1 fully saturated rings. The summed E-state index contributed by atoms with van der Waals surface area (Å²) in [6, 6.07) is 10.7. The Kier molecular flexibility index (Phi) is 3.94. The van der Waals surface area contributed by atoms with Crippen LogP contribution in [0.15, 0.2) is 55.1 Å². The molecule has 3 aromatic rings. The van der Waals surface area contributed by atoms with Gasteiger partial charge < -0.3 is 9.30 Å². The van der Waals surface area contributed by atoms with E-state index in [9.17, 15) is 0 Å². The lowest BCUT2D eigenvalue weighted by atomic mass is 10.1. The maximum Gasteiger partial charge on any atom is 0.180 e. The Hall–Kier alpha value is -2.40. The molecule has 5 heteroatoms. The average molecular weight is 307 g/mol. The van der Waals surface area contributed by atoms with E-state index in [1.165, 1.54) is 5.56 Å². The van der Waals surface area contributed by atoms with Gasteiger partial charge in [-0.2, -0.15) is 0 Å². The summed E-state index contributed by atoms with van der Waals surface area (Å²) in [7, 11) is 0. The van der Waals surface area contributed by atoms with Gasteiger partial charge in [-0.15, -0.1) is 0 Å². The normalized spacial score (nSPS) is 16.1. The molecule has 118 valence electrons. The van der Waals surface area contributed by atoms with E-state index < -0.39 is 0 Å². The van der Waals surface area contributed by atoms with Crippen molar-refractivity contribution in [1.29, 1.82) is 0 Å². The van der Waals surface area contributed by atoms with Gasteiger partial charge in [0.05, 0.1) is 0 Å². The zero-order chi connectivity index (χ0) is 15.5. The number of aromatic nitrogens is 3. The Morgan fingerprint density at radius 3 is 2.39 bits per heavy atom. The van der Waals surface area contributed by atoms with Crippen LogP contribution in [0.2, 0.25) is 0 Å². The topological polar surface area (TPSA) is 36.7 Å². The summed E-state index contributed by atoms with van der Waals surface area (Å²) < 4.78 is 2.03. The van der Waals surface area contributed by atoms with Crippen molar-refractivity contribution < 1.29 is 0 Å². The lowest BCUT2D eigenvalue weighted by molar-refractivity contribution is 0.260. The van der Waals surface area contributed by atoms with E-state index >= 15 is 0 Å². The Morgan fingerprint density at radius 1 is 0.870 bits per heavy atom. The highest BCUT2D eigenvalue weighted by atomic mass is 15.3. The fraction of sp³-hybridized carbons (Fsp3) is 0.333. The largest absolute Gasteiger partial charge is 0.351 e. The van der Waals surface area contributed by atoms with E-state index in [0.29, 0.717) is 0 Å². The molecule has 0 bridgehead atoms. The number of hydrogen-bond acceptors (Lipinski definition) is 4. The molecule has 0 saturated carbocycles. The van der Waals surface area contributed by atoms with Crippen molar-refractivity contribution in [2.75, 3.05) is 37.6 Å². The number of anilines is 1.